The second-order valence-corrected chi connectivity index (χ2v) is 26.0. The van der Waals surface area contributed by atoms with Crippen molar-refractivity contribution in [3.63, 3.8) is 0 Å². The van der Waals surface area contributed by atoms with Crippen LogP contribution in [0.3, 0.4) is 0 Å². The average molecular weight is 1250 g/mol. The van der Waals surface area contributed by atoms with E-state index in [-0.39, 0.29) is 67.0 Å². The largest absolute Gasteiger partial charge is 0.469 e. The van der Waals surface area contributed by atoms with E-state index in [0.29, 0.717) is 19.4 Å². The molecule has 496 valence electrons. The van der Waals surface area contributed by atoms with Gasteiger partial charge in [-0.15, -0.1) is 0 Å². The van der Waals surface area contributed by atoms with Crippen LogP contribution < -0.4 is 0 Å². The number of esters is 1. The third-order valence-electron chi connectivity index (χ3n) is 20.7. The first kappa shape index (κ1) is 66.3. The smallest absolute Gasteiger partial charge is 0.309 e. The van der Waals surface area contributed by atoms with Crippen LogP contribution in [-0.2, 0) is 90.1 Å². The van der Waals surface area contributed by atoms with Crippen molar-refractivity contribution in [1.82, 2.24) is 0 Å². The number of hydrogen-bond donors (Lipinski definition) is 8. The fourth-order valence-corrected chi connectivity index (χ4v) is 15.7. The van der Waals surface area contributed by atoms with E-state index in [1.54, 1.807) is 21.1 Å². The Morgan fingerprint density at radius 2 is 1.10 bits per heavy atom. The summed E-state index contributed by atoms with van der Waals surface area (Å²) in [6.07, 6.45) is -17.8. The number of rotatable bonds is 17. The molecule has 1 saturated carbocycles. The molecule has 27 heteroatoms. The van der Waals surface area contributed by atoms with Crippen molar-refractivity contribution in [1.29, 1.82) is 0 Å². The van der Waals surface area contributed by atoms with Crippen LogP contribution in [0, 0.1) is 23.2 Å². The van der Waals surface area contributed by atoms with Crippen LogP contribution >= 0.6 is 0 Å². The number of aliphatic hydroxyl groups excluding tert-OH is 8. The SMILES string of the molecule is COC1CC(OC2C(O)CC(OC3CCC4(C)C(=CCC5C(=O)OC6COC7(C)OC=C(CCC54)C67)C3)OC2C)OC(C)C1OC1CC(OC)C(OC2CC(OC)C(OC3OC(CO)C(OC4OC(CO)C(O)C(O)C4O)C(O)C3O)C(C)O2)C(C)O1. The number of ether oxygens (including phenoxy) is 18. The molecule has 33 unspecified atom stereocenters. The van der Waals surface area contributed by atoms with Crippen molar-refractivity contribution in [3.8, 4) is 0 Å². The minimum absolute atomic E-state index is 0.0911. The first-order valence-corrected chi connectivity index (χ1v) is 31.2. The van der Waals surface area contributed by atoms with Crippen molar-refractivity contribution in [3.05, 3.63) is 23.5 Å². The quantitative estimate of drug-likeness (QED) is 0.0713. The molecule has 8 saturated heterocycles. The highest BCUT2D eigenvalue weighted by Gasteiger charge is 2.59. The summed E-state index contributed by atoms with van der Waals surface area (Å²) < 4.78 is 111. The molecule has 0 aromatic rings. The monoisotopic (exact) mass is 1250 g/mol. The molecule has 0 spiro atoms. The molecule has 2 aliphatic carbocycles. The number of fused-ring (bicyclic) bond motifs is 3. The predicted octanol–water partition coefficient (Wildman–Crippen LogP) is 0.217. The molecule has 11 aliphatic rings. The standard InChI is InChI=1S/C60H94O27/c1-25-51(34(63)17-41(75-25)79-31-14-15-59(5)30(16-31)11-12-32-33(59)13-10-29-23-73-60(6)45(29)40(24-74-60)80-56(32)69)83-42-18-35(70-7)52(26(2)76-42)84-43-19-36(71-8)53(27(3)77-43)85-44-20-37(72-9)54(28(4)78-44)86-58-50(68)48(66)55(39(22-62)82-58)87-57-49(67)47(65)46(64)38(21-61)81-57/h11,23,25-28,31-55,57-58,61-68H,10,12-22,24H2,1-9H3. The van der Waals surface area contributed by atoms with E-state index in [9.17, 15) is 45.6 Å². The summed E-state index contributed by atoms with van der Waals surface area (Å²) in [6.45, 7) is 10.4. The van der Waals surface area contributed by atoms with Crippen LogP contribution in [0.25, 0.3) is 0 Å². The van der Waals surface area contributed by atoms with E-state index in [1.165, 1.54) is 12.7 Å². The zero-order chi connectivity index (χ0) is 62.0. The van der Waals surface area contributed by atoms with Gasteiger partial charge in [-0.05, 0) is 83.1 Å². The number of carbonyl (C=O) groups is 1. The highest BCUT2D eigenvalue weighted by molar-refractivity contribution is 5.74. The Kier molecular flexibility index (Phi) is 20.9. The van der Waals surface area contributed by atoms with Gasteiger partial charge in [0.2, 0.25) is 5.79 Å². The fraction of sp³-hybridized carbons (Fsp3) is 0.917. The molecule has 0 bridgehead atoms. The number of methoxy groups -OCH3 is 3. The third kappa shape index (κ3) is 13.2. The van der Waals surface area contributed by atoms with Crippen molar-refractivity contribution in [2.75, 3.05) is 41.2 Å². The van der Waals surface area contributed by atoms with Gasteiger partial charge < -0.3 is 126 Å². The Labute approximate surface area is 506 Å². The Bertz CT molecular complexity index is 2350. The van der Waals surface area contributed by atoms with Gasteiger partial charge in [-0.2, -0.15) is 0 Å². The van der Waals surface area contributed by atoms with Crippen LogP contribution in [0.4, 0.5) is 0 Å². The molecule has 0 aromatic heterocycles. The predicted molar refractivity (Wildman–Crippen MR) is 293 cm³/mol. The Balaban J connectivity index is 0.631. The number of carbonyl (C=O) groups excluding carboxylic acids is 1. The average Bonchev–Trinajstić information content (AvgIpc) is 1.85. The van der Waals surface area contributed by atoms with E-state index in [0.717, 1.165) is 31.3 Å². The maximum absolute atomic E-state index is 13.8. The minimum atomic E-state index is -1.81. The molecular formula is C60H94O27. The zero-order valence-electron chi connectivity index (χ0n) is 51.1. The summed E-state index contributed by atoms with van der Waals surface area (Å²) in [5.74, 6) is -1.14. The first-order valence-electron chi connectivity index (χ1n) is 31.2. The van der Waals surface area contributed by atoms with Gasteiger partial charge in [0.05, 0.1) is 92.9 Å². The van der Waals surface area contributed by atoms with Crippen molar-refractivity contribution in [2.24, 2.45) is 23.2 Å². The second-order valence-electron chi connectivity index (χ2n) is 26.0. The van der Waals surface area contributed by atoms with Crippen molar-refractivity contribution >= 4 is 5.97 Å². The van der Waals surface area contributed by atoms with Crippen LogP contribution in [-0.4, -0.2) is 266 Å². The van der Waals surface area contributed by atoms with E-state index < -0.39 is 179 Å². The molecule has 87 heavy (non-hydrogen) atoms. The lowest BCUT2D eigenvalue weighted by molar-refractivity contribution is -0.376. The summed E-state index contributed by atoms with van der Waals surface area (Å²) >= 11 is 0. The molecule has 0 amide bonds. The van der Waals surface area contributed by atoms with Gasteiger partial charge in [0.1, 0.15) is 79.4 Å². The van der Waals surface area contributed by atoms with Gasteiger partial charge in [0.15, 0.2) is 37.7 Å². The van der Waals surface area contributed by atoms with Gasteiger partial charge in [-0.1, -0.05) is 18.6 Å². The Hall–Kier alpha value is -2.21. The highest BCUT2D eigenvalue weighted by atomic mass is 16.8. The molecular weight excluding hydrogens is 1150 g/mol. The van der Waals surface area contributed by atoms with Gasteiger partial charge in [0, 0.05) is 53.9 Å². The molecule has 27 nitrogen and oxygen atoms in total. The fourth-order valence-electron chi connectivity index (χ4n) is 15.7. The van der Waals surface area contributed by atoms with Crippen molar-refractivity contribution < 1.29 is 131 Å². The number of hydrogen-bond acceptors (Lipinski definition) is 27. The van der Waals surface area contributed by atoms with Crippen LogP contribution in [0.2, 0.25) is 0 Å². The Morgan fingerprint density at radius 1 is 0.586 bits per heavy atom. The van der Waals surface area contributed by atoms with E-state index in [2.05, 4.69) is 13.0 Å². The van der Waals surface area contributed by atoms with E-state index in [1.807, 2.05) is 34.0 Å². The highest BCUT2D eigenvalue weighted by Crippen LogP contribution is 2.57. The third-order valence-corrected chi connectivity index (χ3v) is 20.7. The lowest BCUT2D eigenvalue weighted by Gasteiger charge is -2.50. The van der Waals surface area contributed by atoms with Crippen LogP contribution in [0.15, 0.2) is 23.5 Å². The maximum Gasteiger partial charge on any atom is 0.309 e. The van der Waals surface area contributed by atoms with E-state index in [4.69, 9.17) is 85.3 Å². The molecule has 9 fully saturated rings. The Morgan fingerprint density at radius 3 is 1.67 bits per heavy atom. The molecule has 9 aliphatic heterocycles. The summed E-state index contributed by atoms with van der Waals surface area (Å²) in [4.78, 5) is 13.8. The number of allylic oxidation sites excluding steroid dienone is 1. The summed E-state index contributed by atoms with van der Waals surface area (Å²) in [5.41, 5.74) is 2.27. The molecule has 11 rings (SSSR count). The number of aliphatic hydroxyl groups is 8. The molecule has 9 heterocycles. The van der Waals surface area contributed by atoms with Gasteiger partial charge >= 0.3 is 5.97 Å². The second kappa shape index (κ2) is 27.4. The normalized spacial score (nSPS) is 52.0. The lowest BCUT2D eigenvalue weighted by Crippen LogP contribution is -2.65. The molecule has 0 aromatic carbocycles. The topological polar surface area (TPSA) is 345 Å². The van der Waals surface area contributed by atoms with Gasteiger partial charge in [-0.3, -0.25) is 4.79 Å². The molecule has 8 N–H and O–H groups in total. The molecule has 33 atom stereocenters. The zero-order valence-corrected chi connectivity index (χ0v) is 51.1. The summed E-state index contributed by atoms with van der Waals surface area (Å²) in [5, 5.41) is 85.0. The maximum atomic E-state index is 13.8. The molecule has 0 radical (unpaired) electrons. The van der Waals surface area contributed by atoms with Gasteiger partial charge in [-0.25, -0.2) is 0 Å². The summed E-state index contributed by atoms with van der Waals surface area (Å²) in [7, 11) is 4.64. The van der Waals surface area contributed by atoms with Crippen molar-refractivity contribution in [2.45, 2.75) is 284 Å². The minimum Gasteiger partial charge on any atom is -0.469 e. The van der Waals surface area contributed by atoms with E-state index >= 15 is 0 Å². The summed E-state index contributed by atoms with van der Waals surface area (Å²) in [6, 6.07) is 0. The van der Waals surface area contributed by atoms with Gasteiger partial charge in [0.25, 0.3) is 0 Å². The van der Waals surface area contributed by atoms with Crippen LogP contribution in [0.1, 0.15) is 106 Å². The first-order chi connectivity index (χ1) is 41.6. The van der Waals surface area contributed by atoms with Crippen LogP contribution in [0.5, 0.6) is 0 Å². The lowest BCUT2D eigenvalue weighted by atomic mass is 9.55.